The van der Waals surface area contributed by atoms with E-state index >= 15 is 0 Å². The smallest absolute Gasteiger partial charge is 0.237 e. The number of carbonyl (C=O) groups excluding carboxylic acids is 1. The van der Waals surface area contributed by atoms with E-state index in [1.807, 2.05) is 57.2 Å². The van der Waals surface area contributed by atoms with Crippen LogP contribution >= 0.6 is 11.8 Å². The lowest BCUT2D eigenvalue weighted by Gasteiger charge is -2.15. The topological polar surface area (TPSA) is 47.6 Å². The fourth-order valence-corrected chi connectivity index (χ4v) is 3.16. The maximum absolute atomic E-state index is 12.5. The number of methoxy groups -OCH3 is 2. The van der Waals surface area contributed by atoms with Gasteiger partial charge in [0.1, 0.15) is 0 Å². The van der Waals surface area contributed by atoms with E-state index in [2.05, 4.69) is 5.32 Å². The average molecular weight is 345 g/mol. The first-order valence-electron chi connectivity index (χ1n) is 7.72. The van der Waals surface area contributed by atoms with Crippen molar-refractivity contribution in [2.75, 3.05) is 19.5 Å². The fraction of sp³-hybridized carbons (Fsp3) is 0.316. The van der Waals surface area contributed by atoms with Gasteiger partial charge >= 0.3 is 0 Å². The van der Waals surface area contributed by atoms with Gasteiger partial charge in [-0.15, -0.1) is 11.8 Å². The second-order valence-electron chi connectivity index (χ2n) is 5.51. The zero-order valence-electron chi connectivity index (χ0n) is 14.7. The van der Waals surface area contributed by atoms with Gasteiger partial charge in [0.05, 0.1) is 19.5 Å². The minimum Gasteiger partial charge on any atom is -0.493 e. The quantitative estimate of drug-likeness (QED) is 0.786. The molecule has 128 valence electrons. The Kier molecular flexibility index (Phi) is 6.15. The third kappa shape index (κ3) is 4.23. The molecule has 2 rings (SSSR count). The Balaban J connectivity index is 2.07. The second kappa shape index (κ2) is 8.11. The molecule has 0 spiro atoms. The molecule has 1 amide bonds. The number of anilines is 1. The molecule has 1 atom stereocenters. The number of carbonyl (C=O) groups is 1. The molecule has 0 radical (unpaired) electrons. The first-order chi connectivity index (χ1) is 11.5. The highest BCUT2D eigenvalue weighted by atomic mass is 32.2. The molecule has 0 bridgehead atoms. The van der Waals surface area contributed by atoms with Gasteiger partial charge < -0.3 is 14.8 Å². The summed E-state index contributed by atoms with van der Waals surface area (Å²) in [4.78, 5) is 13.4. The Hall–Kier alpha value is -2.14. The molecule has 0 saturated carbocycles. The van der Waals surface area contributed by atoms with Crippen LogP contribution in [0.2, 0.25) is 0 Å². The van der Waals surface area contributed by atoms with Crippen LogP contribution in [0.15, 0.2) is 41.3 Å². The summed E-state index contributed by atoms with van der Waals surface area (Å²) in [5, 5.41) is 2.77. The highest BCUT2D eigenvalue weighted by Crippen LogP contribution is 2.33. The summed E-state index contributed by atoms with van der Waals surface area (Å²) in [5.74, 6) is 1.31. The molecule has 24 heavy (non-hydrogen) atoms. The third-order valence-corrected chi connectivity index (χ3v) is 4.99. The van der Waals surface area contributed by atoms with Gasteiger partial charge in [0.2, 0.25) is 5.91 Å². The minimum absolute atomic E-state index is 0.0246. The van der Waals surface area contributed by atoms with Crippen molar-refractivity contribution in [1.82, 2.24) is 0 Å². The van der Waals surface area contributed by atoms with Gasteiger partial charge in [0, 0.05) is 10.6 Å². The Morgan fingerprint density at radius 1 is 1.08 bits per heavy atom. The van der Waals surface area contributed by atoms with Gasteiger partial charge in [-0.05, 0) is 56.2 Å². The van der Waals surface area contributed by atoms with Crippen molar-refractivity contribution < 1.29 is 14.3 Å². The number of hydrogen-bond donors (Lipinski definition) is 1. The van der Waals surface area contributed by atoms with E-state index in [4.69, 9.17) is 9.47 Å². The lowest BCUT2D eigenvalue weighted by molar-refractivity contribution is -0.115. The Morgan fingerprint density at radius 3 is 2.46 bits per heavy atom. The van der Waals surface area contributed by atoms with Crippen LogP contribution in [0.3, 0.4) is 0 Å². The molecule has 2 aromatic carbocycles. The Bertz CT molecular complexity index is 731. The van der Waals surface area contributed by atoms with Crippen molar-refractivity contribution in [3.8, 4) is 11.5 Å². The maximum atomic E-state index is 12.5. The van der Waals surface area contributed by atoms with E-state index in [0.717, 1.165) is 21.7 Å². The van der Waals surface area contributed by atoms with Crippen molar-refractivity contribution in [3.05, 3.63) is 47.5 Å². The molecule has 2 aromatic rings. The van der Waals surface area contributed by atoms with Crippen LogP contribution in [0.4, 0.5) is 5.69 Å². The lowest BCUT2D eigenvalue weighted by atomic mass is 10.1. The zero-order valence-corrected chi connectivity index (χ0v) is 15.5. The predicted molar refractivity (Wildman–Crippen MR) is 99.4 cm³/mol. The number of benzene rings is 2. The summed E-state index contributed by atoms with van der Waals surface area (Å²) in [7, 11) is 3.20. The van der Waals surface area contributed by atoms with Crippen LogP contribution < -0.4 is 14.8 Å². The van der Waals surface area contributed by atoms with Gasteiger partial charge in [0.15, 0.2) is 11.5 Å². The number of ether oxygens (including phenoxy) is 2. The van der Waals surface area contributed by atoms with E-state index in [1.165, 1.54) is 11.8 Å². The Morgan fingerprint density at radius 2 is 1.79 bits per heavy atom. The molecule has 0 fully saturated rings. The first-order valence-corrected chi connectivity index (χ1v) is 8.60. The van der Waals surface area contributed by atoms with Crippen molar-refractivity contribution in [1.29, 1.82) is 0 Å². The van der Waals surface area contributed by atoms with Crippen LogP contribution in [0.25, 0.3) is 0 Å². The first kappa shape index (κ1) is 18.2. The molecule has 0 aliphatic carbocycles. The van der Waals surface area contributed by atoms with E-state index in [-0.39, 0.29) is 11.2 Å². The van der Waals surface area contributed by atoms with Crippen LogP contribution in [-0.2, 0) is 4.79 Å². The highest BCUT2D eigenvalue weighted by molar-refractivity contribution is 8.00. The van der Waals surface area contributed by atoms with Gasteiger partial charge in [-0.1, -0.05) is 12.1 Å². The number of thioether (sulfide) groups is 1. The van der Waals surface area contributed by atoms with Crippen LogP contribution in [0, 0.1) is 13.8 Å². The minimum atomic E-state index is -0.233. The average Bonchev–Trinajstić information content (AvgIpc) is 2.58. The fourth-order valence-electron chi connectivity index (χ4n) is 2.27. The van der Waals surface area contributed by atoms with Crippen molar-refractivity contribution in [3.63, 3.8) is 0 Å². The number of rotatable bonds is 6. The third-order valence-electron chi connectivity index (χ3n) is 3.90. The zero-order chi connectivity index (χ0) is 17.7. The Labute approximate surface area is 147 Å². The maximum Gasteiger partial charge on any atom is 0.237 e. The SMILES string of the molecule is COc1ccc(S[C@H](C)C(=O)Nc2cccc(C)c2C)cc1OC. The molecule has 1 N–H and O–H groups in total. The molecular weight excluding hydrogens is 322 g/mol. The summed E-state index contributed by atoms with van der Waals surface area (Å²) in [6, 6.07) is 11.6. The molecular formula is C19H23NO3S. The molecule has 0 heterocycles. The molecule has 0 saturated heterocycles. The summed E-state index contributed by atoms with van der Waals surface area (Å²) < 4.78 is 10.5. The second-order valence-corrected chi connectivity index (χ2v) is 6.93. The highest BCUT2D eigenvalue weighted by Gasteiger charge is 2.17. The summed E-state index contributed by atoms with van der Waals surface area (Å²) in [6.07, 6.45) is 0. The van der Waals surface area contributed by atoms with Crippen LogP contribution in [-0.4, -0.2) is 25.4 Å². The monoisotopic (exact) mass is 345 g/mol. The van der Waals surface area contributed by atoms with E-state index in [0.29, 0.717) is 11.5 Å². The van der Waals surface area contributed by atoms with Crippen molar-refractivity contribution in [2.45, 2.75) is 30.9 Å². The number of aryl methyl sites for hydroxylation is 1. The normalized spacial score (nSPS) is 11.7. The number of amides is 1. The largest absolute Gasteiger partial charge is 0.493 e. The number of hydrogen-bond acceptors (Lipinski definition) is 4. The van der Waals surface area contributed by atoms with Gasteiger partial charge in [-0.2, -0.15) is 0 Å². The number of nitrogens with one attached hydrogen (secondary N) is 1. The molecule has 0 aliphatic heterocycles. The van der Waals surface area contributed by atoms with E-state index in [9.17, 15) is 4.79 Å². The molecule has 5 heteroatoms. The van der Waals surface area contributed by atoms with Crippen molar-refractivity contribution >= 4 is 23.4 Å². The van der Waals surface area contributed by atoms with E-state index in [1.54, 1.807) is 14.2 Å². The molecule has 0 aliphatic rings. The van der Waals surface area contributed by atoms with Gasteiger partial charge in [-0.25, -0.2) is 0 Å². The molecule has 0 unspecified atom stereocenters. The van der Waals surface area contributed by atoms with Crippen LogP contribution in [0.5, 0.6) is 11.5 Å². The van der Waals surface area contributed by atoms with Crippen LogP contribution in [0.1, 0.15) is 18.1 Å². The molecule has 0 aromatic heterocycles. The summed E-state index contributed by atoms with van der Waals surface area (Å²) >= 11 is 1.48. The standard InChI is InChI=1S/C19H23NO3S/c1-12-7-6-8-16(13(12)2)20-19(21)14(3)24-15-9-10-17(22-4)18(11-15)23-5/h6-11,14H,1-5H3,(H,20,21)/t14-/m1/s1. The van der Waals surface area contributed by atoms with Gasteiger partial charge in [0.25, 0.3) is 0 Å². The van der Waals surface area contributed by atoms with Crippen molar-refractivity contribution in [2.24, 2.45) is 0 Å². The summed E-state index contributed by atoms with van der Waals surface area (Å²) in [6.45, 7) is 5.94. The lowest BCUT2D eigenvalue weighted by Crippen LogP contribution is -2.22. The molecule has 4 nitrogen and oxygen atoms in total. The predicted octanol–water partition coefficient (Wildman–Crippen LogP) is 4.44. The van der Waals surface area contributed by atoms with Gasteiger partial charge in [-0.3, -0.25) is 4.79 Å². The van der Waals surface area contributed by atoms with E-state index < -0.39 is 0 Å². The summed E-state index contributed by atoms with van der Waals surface area (Å²) in [5.41, 5.74) is 3.11.